The molecule has 0 bridgehead atoms. The standard InChI is InChI=1S/C28H29NO5/c1-31-22-14-19(15-23(17-22)32-2)10-11-27(30)29-13-12-21-16-25(33-3)26(34-4)18-24(21)28(29)20-8-6-5-7-9-20/h5-11,14-18,28H,12-13H2,1-4H3/b11-10+. The van der Waals surface area contributed by atoms with Crippen LogP contribution in [0.15, 0.2) is 66.7 Å². The number of benzene rings is 3. The molecule has 1 aliphatic heterocycles. The average molecular weight is 460 g/mol. The fourth-order valence-electron chi connectivity index (χ4n) is 4.37. The van der Waals surface area contributed by atoms with Crippen molar-refractivity contribution < 1.29 is 23.7 Å². The van der Waals surface area contributed by atoms with Crippen LogP contribution < -0.4 is 18.9 Å². The molecule has 0 spiro atoms. The minimum absolute atomic E-state index is 0.0731. The second-order valence-electron chi connectivity index (χ2n) is 7.98. The number of carbonyl (C=O) groups excluding carboxylic acids is 1. The zero-order chi connectivity index (χ0) is 24.1. The predicted octanol–water partition coefficient (Wildman–Crippen LogP) is 4.91. The third-order valence-electron chi connectivity index (χ3n) is 6.06. The van der Waals surface area contributed by atoms with Gasteiger partial charge >= 0.3 is 0 Å². The third-order valence-corrected chi connectivity index (χ3v) is 6.06. The molecule has 0 fully saturated rings. The predicted molar refractivity (Wildman–Crippen MR) is 132 cm³/mol. The second-order valence-corrected chi connectivity index (χ2v) is 7.98. The fourth-order valence-corrected chi connectivity index (χ4v) is 4.37. The van der Waals surface area contributed by atoms with Crippen LogP contribution in [-0.2, 0) is 11.2 Å². The van der Waals surface area contributed by atoms with E-state index in [1.807, 2.05) is 59.5 Å². The number of rotatable bonds is 7. The summed E-state index contributed by atoms with van der Waals surface area (Å²) in [5.41, 5.74) is 4.06. The number of hydrogen-bond donors (Lipinski definition) is 0. The molecule has 1 amide bonds. The fraction of sp³-hybridized carbons (Fsp3) is 0.250. The zero-order valence-corrected chi connectivity index (χ0v) is 19.9. The van der Waals surface area contributed by atoms with Crippen molar-refractivity contribution in [3.63, 3.8) is 0 Å². The molecule has 0 radical (unpaired) electrons. The maximum Gasteiger partial charge on any atom is 0.247 e. The Morgan fingerprint density at radius 2 is 1.50 bits per heavy atom. The number of carbonyl (C=O) groups is 1. The Balaban J connectivity index is 1.71. The van der Waals surface area contributed by atoms with Gasteiger partial charge in [-0.1, -0.05) is 30.3 Å². The highest BCUT2D eigenvalue weighted by atomic mass is 16.5. The lowest BCUT2D eigenvalue weighted by Gasteiger charge is -2.37. The molecule has 1 atom stereocenters. The van der Waals surface area contributed by atoms with Crippen LogP contribution in [0.2, 0.25) is 0 Å². The summed E-state index contributed by atoms with van der Waals surface area (Å²) in [6, 6.07) is 19.4. The molecular weight excluding hydrogens is 430 g/mol. The van der Waals surface area contributed by atoms with Crippen molar-refractivity contribution in [3.05, 3.63) is 89.0 Å². The van der Waals surface area contributed by atoms with Gasteiger partial charge in [0.1, 0.15) is 11.5 Å². The Morgan fingerprint density at radius 1 is 0.853 bits per heavy atom. The van der Waals surface area contributed by atoms with E-state index in [-0.39, 0.29) is 11.9 Å². The number of fused-ring (bicyclic) bond motifs is 1. The van der Waals surface area contributed by atoms with Crippen LogP contribution in [0, 0.1) is 0 Å². The molecule has 0 saturated heterocycles. The van der Waals surface area contributed by atoms with Crippen molar-refractivity contribution in [2.24, 2.45) is 0 Å². The summed E-state index contributed by atoms with van der Waals surface area (Å²) in [5.74, 6) is 2.61. The first kappa shape index (κ1) is 23.2. The van der Waals surface area contributed by atoms with Crippen LogP contribution in [0.25, 0.3) is 6.08 Å². The van der Waals surface area contributed by atoms with Gasteiger partial charge in [-0.25, -0.2) is 0 Å². The van der Waals surface area contributed by atoms with Gasteiger partial charge in [0.2, 0.25) is 5.91 Å². The normalized spacial score (nSPS) is 15.1. The molecule has 6 heteroatoms. The summed E-state index contributed by atoms with van der Waals surface area (Å²) in [6.07, 6.45) is 4.13. The number of nitrogens with zero attached hydrogens (tertiary/aromatic N) is 1. The van der Waals surface area contributed by atoms with Gasteiger partial charge in [0.05, 0.1) is 34.5 Å². The summed E-state index contributed by atoms with van der Waals surface area (Å²) in [7, 11) is 6.47. The van der Waals surface area contributed by atoms with E-state index in [1.165, 1.54) is 0 Å². The summed E-state index contributed by atoms with van der Waals surface area (Å²) in [5, 5.41) is 0. The lowest BCUT2D eigenvalue weighted by molar-refractivity contribution is -0.127. The molecule has 0 aromatic heterocycles. The van der Waals surface area contributed by atoms with E-state index in [4.69, 9.17) is 18.9 Å². The molecule has 34 heavy (non-hydrogen) atoms. The maximum absolute atomic E-state index is 13.5. The molecule has 3 aromatic carbocycles. The van der Waals surface area contributed by atoms with Crippen LogP contribution >= 0.6 is 0 Å². The quantitative estimate of drug-likeness (QED) is 0.470. The van der Waals surface area contributed by atoms with Gasteiger partial charge in [0.25, 0.3) is 0 Å². The van der Waals surface area contributed by atoms with Crippen molar-refractivity contribution in [1.82, 2.24) is 4.90 Å². The monoisotopic (exact) mass is 459 g/mol. The molecule has 0 N–H and O–H groups in total. The van der Waals surface area contributed by atoms with Crippen molar-refractivity contribution in [2.45, 2.75) is 12.5 Å². The molecule has 0 aliphatic carbocycles. The van der Waals surface area contributed by atoms with Gasteiger partial charge in [-0.15, -0.1) is 0 Å². The SMILES string of the molecule is COc1cc(/C=C/C(=O)N2CCc3cc(OC)c(OC)cc3C2c2ccccc2)cc(OC)c1. The van der Waals surface area contributed by atoms with Gasteiger partial charge in [-0.05, 0) is 59.0 Å². The van der Waals surface area contributed by atoms with E-state index in [9.17, 15) is 4.79 Å². The van der Waals surface area contributed by atoms with E-state index < -0.39 is 0 Å². The highest BCUT2D eigenvalue weighted by Crippen LogP contribution is 2.41. The van der Waals surface area contributed by atoms with Gasteiger partial charge in [0.15, 0.2) is 11.5 Å². The Hall–Kier alpha value is -3.93. The van der Waals surface area contributed by atoms with E-state index in [0.29, 0.717) is 29.5 Å². The molecule has 1 aliphatic rings. The van der Waals surface area contributed by atoms with Crippen molar-refractivity contribution in [2.75, 3.05) is 35.0 Å². The largest absolute Gasteiger partial charge is 0.497 e. The second kappa shape index (κ2) is 10.3. The lowest BCUT2D eigenvalue weighted by atomic mass is 9.87. The topological polar surface area (TPSA) is 57.2 Å². The minimum atomic E-state index is -0.234. The molecule has 1 unspecified atom stereocenters. The number of ether oxygens (including phenoxy) is 4. The Labute approximate surface area is 200 Å². The highest BCUT2D eigenvalue weighted by molar-refractivity contribution is 5.92. The number of hydrogen-bond acceptors (Lipinski definition) is 5. The van der Waals surface area contributed by atoms with Crippen LogP contribution in [0.5, 0.6) is 23.0 Å². The zero-order valence-electron chi connectivity index (χ0n) is 19.9. The molecule has 6 nitrogen and oxygen atoms in total. The summed E-state index contributed by atoms with van der Waals surface area (Å²) in [6.45, 7) is 0.590. The van der Waals surface area contributed by atoms with Crippen molar-refractivity contribution in [1.29, 1.82) is 0 Å². The molecule has 4 rings (SSSR count). The first-order valence-corrected chi connectivity index (χ1v) is 11.1. The molecule has 1 heterocycles. The van der Waals surface area contributed by atoms with Gasteiger partial charge in [-0.3, -0.25) is 4.79 Å². The lowest BCUT2D eigenvalue weighted by Crippen LogP contribution is -2.39. The van der Waals surface area contributed by atoms with E-state index >= 15 is 0 Å². The van der Waals surface area contributed by atoms with Gasteiger partial charge < -0.3 is 23.8 Å². The van der Waals surface area contributed by atoms with Crippen molar-refractivity contribution in [3.8, 4) is 23.0 Å². The first-order chi connectivity index (χ1) is 16.6. The third kappa shape index (κ3) is 4.71. The van der Waals surface area contributed by atoms with Gasteiger partial charge in [-0.2, -0.15) is 0 Å². The van der Waals surface area contributed by atoms with Crippen LogP contribution in [-0.4, -0.2) is 45.8 Å². The summed E-state index contributed by atoms with van der Waals surface area (Å²) < 4.78 is 21.8. The van der Waals surface area contributed by atoms with E-state index in [1.54, 1.807) is 46.7 Å². The molecule has 3 aromatic rings. The van der Waals surface area contributed by atoms with Gasteiger partial charge in [0, 0.05) is 18.7 Å². The van der Waals surface area contributed by atoms with E-state index in [2.05, 4.69) is 0 Å². The molecule has 0 saturated carbocycles. The first-order valence-electron chi connectivity index (χ1n) is 11.1. The summed E-state index contributed by atoms with van der Waals surface area (Å²) in [4.78, 5) is 15.4. The Morgan fingerprint density at radius 3 is 2.12 bits per heavy atom. The van der Waals surface area contributed by atoms with Crippen LogP contribution in [0.1, 0.15) is 28.3 Å². The highest BCUT2D eigenvalue weighted by Gasteiger charge is 2.32. The Bertz CT molecular complexity index is 1170. The van der Waals surface area contributed by atoms with E-state index in [0.717, 1.165) is 28.7 Å². The summed E-state index contributed by atoms with van der Waals surface area (Å²) >= 11 is 0. The van der Waals surface area contributed by atoms with Crippen LogP contribution in [0.3, 0.4) is 0 Å². The van der Waals surface area contributed by atoms with Crippen LogP contribution in [0.4, 0.5) is 0 Å². The maximum atomic E-state index is 13.5. The molecular formula is C28H29NO5. The Kier molecular flexibility index (Phi) is 7.07. The average Bonchev–Trinajstić information content (AvgIpc) is 2.90. The smallest absolute Gasteiger partial charge is 0.247 e. The number of amides is 1. The molecule has 176 valence electrons. The number of methoxy groups -OCH3 is 4. The minimum Gasteiger partial charge on any atom is -0.497 e. The van der Waals surface area contributed by atoms with Crippen molar-refractivity contribution >= 4 is 12.0 Å².